The Kier molecular flexibility index (Phi) is 19.3. The van der Waals surface area contributed by atoms with Gasteiger partial charge >= 0.3 is 6.18 Å². The molecule has 0 fully saturated rings. The first-order chi connectivity index (χ1) is 50.0. The Morgan fingerprint density at radius 3 is 1.08 bits per heavy atom. The highest BCUT2D eigenvalue weighted by Crippen LogP contribution is 2.43. The summed E-state index contributed by atoms with van der Waals surface area (Å²) < 4.78 is 47.8. The fourth-order valence-electron chi connectivity index (χ4n) is 14.0. The molecule has 0 aliphatic heterocycles. The van der Waals surface area contributed by atoms with Crippen LogP contribution in [-0.4, -0.2) is 16.0 Å². The van der Waals surface area contributed by atoms with Crippen LogP contribution in [0.4, 0.5) is 24.5 Å². The van der Waals surface area contributed by atoms with E-state index in [0.717, 1.165) is 118 Å². The monoisotopic (exact) mass is 1400 g/mol. The Bertz CT molecular complexity index is 5200. The summed E-state index contributed by atoms with van der Waals surface area (Å²) in [5.41, 5.74) is 22.3. The third-order valence-electron chi connectivity index (χ3n) is 20.1. The maximum Gasteiger partial charge on any atom is 0.416 e. The molecule has 1 N–H and O–H groups in total. The minimum absolute atomic E-state index is 0.0410. The Hall–Kier alpha value is -11.6. The first-order valence-electron chi connectivity index (χ1n) is 35.4. The van der Waals surface area contributed by atoms with Gasteiger partial charge in [0.1, 0.15) is 23.6 Å². The molecule has 0 spiro atoms. The molecule has 6 nitrogen and oxygen atoms in total. The van der Waals surface area contributed by atoms with Crippen molar-refractivity contribution in [3.8, 4) is 40.1 Å². The summed E-state index contributed by atoms with van der Waals surface area (Å²) in [5.74, 6) is 0. The molecule has 13 rings (SSSR count). The van der Waals surface area contributed by atoms with Gasteiger partial charge in [-0.1, -0.05) is 277 Å². The van der Waals surface area contributed by atoms with E-state index in [2.05, 4.69) is 287 Å². The van der Waals surface area contributed by atoms with E-state index in [9.17, 15) is 29.1 Å². The summed E-state index contributed by atoms with van der Waals surface area (Å²) in [5, 5.41) is 34.2. The fraction of sp³-hybridized carbons (Fsp3) is 0.179. The van der Waals surface area contributed by atoms with Crippen LogP contribution in [0.1, 0.15) is 150 Å². The van der Waals surface area contributed by atoms with Crippen LogP contribution in [0.2, 0.25) is 0 Å². The largest absolute Gasteiger partial charge is 0.416 e. The zero-order valence-corrected chi connectivity index (χ0v) is 62.2. The third kappa shape index (κ3) is 14.6. The number of halogens is 3. The van der Waals surface area contributed by atoms with Gasteiger partial charge in [-0.3, -0.25) is 5.41 Å². The van der Waals surface area contributed by atoms with Crippen molar-refractivity contribution in [2.24, 2.45) is 4.40 Å². The molecule has 0 amide bonds. The molecule has 11 aromatic carbocycles. The first-order valence-corrected chi connectivity index (χ1v) is 35.8. The number of allylic oxidation sites excluding steroid dienone is 6. The molecule has 12 aromatic rings. The maximum atomic E-state index is 13.8. The van der Waals surface area contributed by atoms with Crippen LogP contribution in [-0.2, 0) is 27.8 Å². The van der Waals surface area contributed by atoms with Gasteiger partial charge in [-0.25, -0.2) is 4.40 Å². The molecular formula is C95H83F3N6S. The van der Waals surface area contributed by atoms with Gasteiger partial charge in [0.25, 0.3) is 0 Å². The standard InChI is InChI=1S/C95H83F3N6S/c1-91(2,3)71-38-25-66(26-39-71)87(67-27-40-72(41-28-67)92(4,5)6)82(58-99)64-21-17-60(18-22-64)62-33-48-76(49-34-62)103(86-56-54-79(90(102-105)89(86)101)70-37-55-85-81(57-70)80-15-13-14-16-84(80)104(85)78-52-46-75(47-53-78)95(96,97)98)77-50-35-63(36-51-77)61-19-23-65(24-20-61)83(59-100)88(68-29-42-73(43-30-68)93(7,8)9)69-31-44-74(45-32-69)94(10,11)12/h13-57,101,105H,1-12H3. The summed E-state index contributed by atoms with van der Waals surface area (Å²) in [6, 6.07) is 91.4. The second-order valence-electron chi connectivity index (χ2n) is 31.2. The van der Waals surface area contributed by atoms with Crippen LogP contribution in [0, 0.1) is 28.1 Å². The van der Waals surface area contributed by atoms with Gasteiger partial charge < -0.3 is 9.47 Å². The van der Waals surface area contributed by atoms with Crippen molar-refractivity contribution in [2.75, 3.05) is 4.90 Å². The summed E-state index contributed by atoms with van der Waals surface area (Å²) in [6.07, 6.45) is -0.570. The SMILES string of the molecule is CC(C)(C)c1ccc(C(=C(C#N)c2ccc(-c3ccc(N(C4=CC=C(c5ccc6c(c5)c5ccccc5n6-c5ccc(C(F)(F)F)cc5)C(=NS)C4=N)c4ccc(-c5ccc(C(C#N)=C(c6ccc(C(C)(C)C)cc6)c6ccc(C(C)(C)C)cc6)cc5)cc4)cc3)cc2)c2ccc(C(C)(C)C)cc2)cc1. The second kappa shape index (κ2) is 28.2. The predicted molar refractivity (Wildman–Crippen MR) is 436 cm³/mol. The minimum atomic E-state index is -4.47. The van der Waals surface area contributed by atoms with Crippen LogP contribution >= 0.6 is 12.8 Å². The molecule has 10 heteroatoms. The lowest BCUT2D eigenvalue weighted by molar-refractivity contribution is -0.137. The fourth-order valence-corrected chi connectivity index (χ4v) is 14.2. The molecular weight excluding hydrogens is 1310 g/mol. The van der Waals surface area contributed by atoms with Gasteiger partial charge in [0.05, 0.1) is 33.4 Å². The average molecular weight is 1400 g/mol. The summed E-state index contributed by atoms with van der Waals surface area (Å²) in [4.78, 5) is 2.05. The molecule has 1 aliphatic carbocycles. The normalized spacial score (nSPS) is 13.3. The van der Waals surface area contributed by atoms with Crippen LogP contribution in [0.25, 0.3) is 77.6 Å². The minimum Gasteiger partial charge on any atom is -0.309 e. The average Bonchev–Trinajstić information content (AvgIpc) is 1.63. The van der Waals surface area contributed by atoms with Crippen molar-refractivity contribution < 1.29 is 13.2 Å². The number of benzene rings is 11. The van der Waals surface area contributed by atoms with E-state index < -0.39 is 11.7 Å². The van der Waals surface area contributed by atoms with Crippen molar-refractivity contribution in [2.45, 2.75) is 111 Å². The Morgan fingerprint density at radius 1 is 0.390 bits per heavy atom. The zero-order chi connectivity index (χ0) is 74.5. The molecule has 0 saturated heterocycles. The zero-order valence-electron chi connectivity index (χ0n) is 61.3. The number of anilines is 2. The van der Waals surface area contributed by atoms with E-state index in [1.54, 1.807) is 0 Å². The molecule has 1 aromatic heterocycles. The molecule has 0 saturated carbocycles. The first kappa shape index (κ1) is 71.8. The van der Waals surface area contributed by atoms with Gasteiger partial charge in [0.2, 0.25) is 0 Å². The molecule has 520 valence electrons. The number of alkyl halides is 3. The topological polar surface area (TPSA) is 92.0 Å². The smallest absolute Gasteiger partial charge is 0.309 e. The number of thiol groups is 1. The highest BCUT2D eigenvalue weighted by atomic mass is 32.1. The quantitative estimate of drug-likeness (QED) is 0.0521. The predicted octanol–water partition coefficient (Wildman–Crippen LogP) is 25.7. The number of rotatable bonds is 13. The van der Waals surface area contributed by atoms with E-state index >= 15 is 0 Å². The van der Waals surface area contributed by atoms with Crippen molar-refractivity contribution in [1.82, 2.24) is 4.57 Å². The van der Waals surface area contributed by atoms with Gasteiger partial charge in [-0.2, -0.15) is 23.7 Å². The van der Waals surface area contributed by atoms with E-state index in [1.807, 2.05) is 83.4 Å². The Labute approximate surface area is 620 Å². The lowest BCUT2D eigenvalue weighted by atomic mass is 9.83. The van der Waals surface area contributed by atoms with Crippen molar-refractivity contribution >= 4 is 85.3 Å². The highest BCUT2D eigenvalue weighted by Gasteiger charge is 2.32. The van der Waals surface area contributed by atoms with Gasteiger partial charge in [0.15, 0.2) is 0 Å². The Balaban J connectivity index is 0.877. The Morgan fingerprint density at radius 2 is 0.724 bits per heavy atom. The van der Waals surface area contributed by atoms with E-state index in [4.69, 9.17) is 0 Å². The van der Waals surface area contributed by atoms with E-state index in [-0.39, 0.29) is 27.4 Å². The molecule has 0 bridgehead atoms. The molecule has 0 radical (unpaired) electrons. The van der Waals surface area contributed by atoms with E-state index in [1.165, 1.54) is 34.4 Å². The van der Waals surface area contributed by atoms with Crippen LogP contribution in [0.5, 0.6) is 0 Å². The number of nitrogens with zero attached hydrogens (tertiary/aromatic N) is 5. The number of para-hydroxylation sites is 1. The van der Waals surface area contributed by atoms with Gasteiger partial charge in [0, 0.05) is 44.6 Å². The van der Waals surface area contributed by atoms with E-state index in [0.29, 0.717) is 33.8 Å². The van der Waals surface area contributed by atoms with Crippen molar-refractivity contribution in [3.05, 3.63) is 345 Å². The molecule has 105 heavy (non-hydrogen) atoms. The molecule has 1 aliphatic rings. The highest BCUT2D eigenvalue weighted by molar-refractivity contribution is 7.79. The number of nitriles is 2. The lowest BCUT2D eigenvalue weighted by Gasteiger charge is -2.31. The summed E-state index contributed by atoms with van der Waals surface area (Å²) in [7, 11) is 0. The summed E-state index contributed by atoms with van der Waals surface area (Å²) in [6.45, 7) is 26.4. The van der Waals surface area contributed by atoms with Gasteiger partial charge in [-0.15, -0.1) is 0 Å². The lowest BCUT2D eigenvalue weighted by Crippen LogP contribution is -2.30. The molecule has 0 unspecified atom stereocenters. The number of hydrogen-bond donors (Lipinski definition) is 2. The third-order valence-corrected chi connectivity index (χ3v) is 20.3. The van der Waals surface area contributed by atoms with Crippen LogP contribution in [0.3, 0.4) is 0 Å². The number of aromatic nitrogens is 1. The van der Waals surface area contributed by atoms with Gasteiger partial charge in [-0.05, 0) is 197 Å². The molecule has 0 atom stereocenters. The summed E-state index contributed by atoms with van der Waals surface area (Å²) >= 11 is 4.57. The number of fused-ring (bicyclic) bond motifs is 3. The number of hydrogen-bond acceptors (Lipinski definition) is 6. The number of nitrogens with one attached hydrogen (secondary N) is 1. The van der Waals surface area contributed by atoms with Crippen molar-refractivity contribution in [3.63, 3.8) is 0 Å². The van der Waals surface area contributed by atoms with Crippen LogP contribution < -0.4 is 4.90 Å². The van der Waals surface area contributed by atoms with Crippen LogP contribution in [0.15, 0.2) is 283 Å². The van der Waals surface area contributed by atoms with Crippen molar-refractivity contribution in [1.29, 1.82) is 15.9 Å². The molecule has 1 heterocycles. The maximum absolute atomic E-state index is 13.8. The second-order valence-corrected chi connectivity index (χ2v) is 31.4.